The van der Waals surface area contributed by atoms with E-state index in [1.165, 1.54) is 0 Å². The van der Waals surface area contributed by atoms with Crippen LogP contribution in [0.5, 0.6) is 5.75 Å². The van der Waals surface area contributed by atoms with E-state index in [9.17, 15) is 0 Å². The lowest BCUT2D eigenvalue weighted by Gasteiger charge is -2.09. The Labute approximate surface area is 113 Å². The summed E-state index contributed by atoms with van der Waals surface area (Å²) < 4.78 is 6.48. The molecule has 0 aliphatic carbocycles. The van der Waals surface area contributed by atoms with Gasteiger partial charge in [0.2, 0.25) is 0 Å². The Balaban J connectivity index is 2.13. The molecule has 2 aromatic rings. The fourth-order valence-electron chi connectivity index (χ4n) is 1.54. The van der Waals surface area contributed by atoms with Gasteiger partial charge in [-0.25, -0.2) is 0 Å². The van der Waals surface area contributed by atoms with Crippen molar-refractivity contribution in [2.24, 2.45) is 5.73 Å². The Morgan fingerprint density at radius 1 is 1.33 bits per heavy atom. The van der Waals surface area contributed by atoms with Crippen LogP contribution in [0.15, 0.2) is 47.2 Å². The number of aromatic nitrogens is 1. The van der Waals surface area contributed by atoms with E-state index in [1.54, 1.807) is 18.5 Å². The van der Waals surface area contributed by atoms with Crippen LogP contribution >= 0.6 is 15.9 Å². The number of nitrogen functional groups attached to an aromatic ring is 1. The molecule has 0 aliphatic rings. The van der Waals surface area contributed by atoms with E-state index in [1.807, 2.05) is 24.3 Å². The highest BCUT2D eigenvalue weighted by molar-refractivity contribution is 9.10. The predicted octanol–water partition coefficient (Wildman–Crippen LogP) is 2.71. The Morgan fingerprint density at radius 3 is 2.83 bits per heavy atom. The molecule has 0 unspecified atom stereocenters. The van der Waals surface area contributed by atoms with Crippen molar-refractivity contribution in [2.75, 3.05) is 0 Å². The van der Waals surface area contributed by atoms with Gasteiger partial charge < -0.3 is 10.5 Å². The highest BCUT2D eigenvalue weighted by Gasteiger charge is 2.05. The molecule has 1 heterocycles. The van der Waals surface area contributed by atoms with Crippen LogP contribution in [0.2, 0.25) is 0 Å². The van der Waals surface area contributed by atoms with Crippen molar-refractivity contribution in [2.45, 2.75) is 6.61 Å². The molecule has 18 heavy (non-hydrogen) atoms. The summed E-state index contributed by atoms with van der Waals surface area (Å²) in [6.45, 7) is 0.355. The van der Waals surface area contributed by atoms with Crippen molar-refractivity contribution < 1.29 is 4.74 Å². The monoisotopic (exact) mass is 305 g/mol. The minimum absolute atomic E-state index is 0.0431. The fourth-order valence-corrected chi connectivity index (χ4v) is 1.89. The van der Waals surface area contributed by atoms with Gasteiger partial charge in [-0.3, -0.25) is 10.4 Å². The number of benzene rings is 1. The number of amidine groups is 1. The Bertz CT molecular complexity index is 572. The summed E-state index contributed by atoms with van der Waals surface area (Å²) in [6.07, 6.45) is 3.33. The topological polar surface area (TPSA) is 72.0 Å². The minimum Gasteiger partial charge on any atom is -0.487 e. The lowest BCUT2D eigenvalue weighted by Crippen LogP contribution is -2.14. The average molecular weight is 306 g/mol. The Hall–Kier alpha value is -1.88. The average Bonchev–Trinajstić information content (AvgIpc) is 2.37. The van der Waals surface area contributed by atoms with E-state index in [0.717, 1.165) is 10.0 Å². The second-order valence-corrected chi connectivity index (χ2v) is 4.61. The lowest BCUT2D eigenvalue weighted by molar-refractivity contribution is 0.304. The first kappa shape index (κ1) is 12.6. The molecule has 0 amide bonds. The van der Waals surface area contributed by atoms with Gasteiger partial charge in [-0.2, -0.15) is 0 Å². The molecule has 92 valence electrons. The first-order chi connectivity index (χ1) is 8.66. The van der Waals surface area contributed by atoms with Crippen molar-refractivity contribution in [3.8, 4) is 5.75 Å². The third kappa shape index (κ3) is 3.07. The summed E-state index contributed by atoms with van der Waals surface area (Å²) in [7, 11) is 0. The zero-order valence-corrected chi connectivity index (χ0v) is 11.1. The SMILES string of the molecule is N=C(N)c1ccccc1COc1cncc(Br)c1. The quantitative estimate of drug-likeness (QED) is 0.674. The van der Waals surface area contributed by atoms with Gasteiger partial charge in [-0.1, -0.05) is 24.3 Å². The molecule has 1 aromatic heterocycles. The highest BCUT2D eigenvalue weighted by atomic mass is 79.9. The van der Waals surface area contributed by atoms with Gasteiger partial charge in [0, 0.05) is 21.8 Å². The van der Waals surface area contributed by atoms with E-state index in [4.69, 9.17) is 15.9 Å². The van der Waals surface area contributed by atoms with E-state index in [0.29, 0.717) is 17.9 Å². The van der Waals surface area contributed by atoms with Crippen LogP contribution in [-0.2, 0) is 6.61 Å². The number of hydrogen-bond donors (Lipinski definition) is 2. The molecule has 0 fully saturated rings. The normalized spacial score (nSPS) is 10.1. The van der Waals surface area contributed by atoms with Crippen LogP contribution in [0.25, 0.3) is 0 Å². The van der Waals surface area contributed by atoms with E-state index in [2.05, 4.69) is 20.9 Å². The molecule has 0 saturated carbocycles. The molecule has 0 radical (unpaired) electrons. The van der Waals surface area contributed by atoms with Crippen molar-refractivity contribution in [3.63, 3.8) is 0 Å². The zero-order chi connectivity index (χ0) is 13.0. The molecule has 1 aromatic carbocycles. The third-order valence-corrected chi connectivity index (χ3v) is 2.82. The molecular weight excluding hydrogens is 294 g/mol. The Morgan fingerprint density at radius 2 is 2.11 bits per heavy atom. The second-order valence-electron chi connectivity index (χ2n) is 3.70. The standard InChI is InChI=1S/C13H12BrN3O/c14-10-5-11(7-17-6-10)18-8-9-3-1-2-4-12(9)13(15)16/h1-7H,8H2,(H3,15,16). The molecule has 0 saturated heterocycles. The van der Waals surface area contributed by atoms with Gasteiger partial charge in [-0.05, 0) is 22.0 Å². The summed E-state index contributed by atoms with van der Waals surface area (Å²) in [5.74, 6) is 0.712. The summed E-state index contributed by atoms with van der Waals surface area (Å²) in [4.78, 5) is 4.02. The number of pyridine rings is 1. The van der Waals surface area contributed by atoms with Crippen molar-refractivity contribution in [1.29, 1.82) is 5.41 Å². The maximum Gasteiger partial charge on any atom is 0.139 e. The molecule has 0 aliphatic heterocycles. The first-order valence-electron chi connectivity index (χ1n) is 5.32. The van der Waals surface area contributed by atoms with Crippen LogP contribution in [0.3, 0.4) is 0 Å². The molecule has 4 nitrogen and oxygen atoms in total. The molecule has 3 N–H and O–H groups in total. The minimum atomic E-state index is 0.0431. The van der Waals surface area contributed by atoms with Crippen LogP contribution in [0, 0.1) is 5.41 Å². The van der Waals surface area contributed by atoms with Gasteiger partial charge in [0.15, 0.2) is 0 Å². The van der Waals surface area contributed by atoms with Gasteiger partial charge in [-0.15, -0.1) is 0 Å². The van der Waals surface area contributed by atoms with Gasteiger partial charge in [0.25, 0.3) is 0 Å². The number of nitrogens with zero attached hydrogens (tertiary/aromatic N) is 1. The number of rotatable bonds is 4. The maximum absolute atomic E-state index is 7.50. The van der Waals surface area contributed by atoms with Crippen LogP contribution in [0.4, 0.5) is 0 Å². The summed E-state index contributed by atoms with van der Waals surface area (Å²) >= 11 is 3.33. The second kappa shape index (κ2) is 5.64. The van der Waals surface area contributed by atoms with Gasteiger partial charge >= 0.3 is 0 Å². The van der Waals surface area contributed by atoms with E-state index >= 15 is 0 Å². The van der Waals surface area contributed by atoms with Gasteiger partial charge in [0.05, 0.1) is 6.20 Å². The number of nitrogens with two attached hydrogens (primary N) is 1. The summed E-state index contributed by atoms with van der Waals surface area (Å²) in [5.41, 5.74) is 7.09. The predicted molar refractivity (Wildman–Crippen MR) is 73.7 cm³/mol. The molecule has 0 spiro atoms. The number of halogens is 1. The van der Waals surface area contributed by atoms with Crippen LogP contribution in [0.1, 0.15) is 11.1 Å². The van der Waals surface area contributed by atoms with Crippen molar-refractivity contribution >= 4 is 21.8 Å². The Kier molecular flexibility index (Phi) is 3.94. The molecule has 5 heteroatoms. The van der Waals surface area contributed by atoms with E-state index in [-0.39, 0.29) is 5.84 Å². The van der Waals surface area contributed by atoms with Crippen molar-refractivity contribution in [1.82, 2.24) is 4.98 Å². The third-order valence-electron chi connectivity index (χ3n) is 2.38. The molecular formula is C13H12BrN3O. The summed E-state index contributed by atoms with van der Waals surface area (Å²) in [6, 6.07) is 9.27. The number of nitrogens with one attached hydrogen (secondary N) is 1. The first-order valence-corrected chi connectivity index (χ1v) is 6.12. The summed E-state index contributed by atoms with van der Waals surface area (Å²) in [5, 5.41) is 7.50. The number of hydrogen-bond acceptors (Lipinski definition) is 3. The fraction of sp³-hybridized carbons (Fsp3) is 0.0769. The molecule has 0 atom stereocenters. The molecule has 0 bridgehead atoms. The van der Waals surface area contributed by atoms with Crippen LogP contribution in [-0.4, -0.2) is 10.8 Å². The largest absolute Gasteiger partial charge is 0.487 e. The highest BCUT2D eigenvalue weighted by Crippen LogP contribution is 2.18. The number of ether oxygens (including phenoxy) is 1. The van der Waals surface area contributed by atoms with E-state index < -0.39 is 0 Å². The van der Waals surface area contributed by atoms with Crippen LogP contribution < -0.4 is 10.5 Å². The maximum atomic E-state index is 7.50. The zero-order valence-electron chi connectivity index (χ0n) is 9.56. The smallest absolute Gasteiger partial charge is 0.139 e. The lowest BCUT2D eigenvalue weighted by atomic mass is 10.1. The van der Waals surface area contributed by atoms with Gasteiger partial charge in [0.1, 0.15) is 18.2 Å². The molecule has 2 rings (SSSR count). The van der Waals surface area contributed by atoms with Crippen molar-refractivity contribution in [3.05, 3.63) is 58.3 Å².